The van der Waals surface area contributed by atoms with E-state index in [0.29, 0.717) is 0 Å². The summed E-state index contributed by atoms with van der Waals surface area (Å²) in [5.74, 6) is 0. The summed E-state index contributed by atoms with van der Waals surface area (Å²) in [7, 11) is 0. The minimum absolute atomic E-state index is 0.0306. The Bertz CT molecular complexity index is 4540. The first-order valence-electron chi connectivity index (χ1n) is 31.0. The molecule has 0 bridgehead atoms. The number of para-hydroxylation sites is 3. The lowest BCUT2D eigenvalue weighted by Crippen LogP contribution is -2.61. The fraction of sp³-hybridized carbons (Fsp3) is 0.195. The number of benzene rings is 11. The fourth-order valence-corrected chi connectivity index (χ4v) is 13.6. The van der Waals surface area contributed by atoms with Crippen molar-refractivity contribution in [2.45, 2.75) is 105 Å². The van der Waals surface area contributed by atoms with Gasteiger partial charge in [0.15, 0.2) is 0 Å². The Morgan fingerprint density at radius 3 is 1.33 bits per heavy atom. The highest BCUT2D eigenvalue weighted by molar-refractivity contribution is 7.00. The molecule has 0 atom stereocenters. The number of hydrogen-bond donors (Lipinski definition) is 0. The molecule has 3 heterocycles. The van der Waals surface area contributed by atoms with Crippen LogP contribution in [0.3, 0.4) is 0 Å². The highest BCUT2D eigenvalue weighted by Gasteiger charge is 2.45. The molecule has 11 aromatic carbocycles. The zero-order valence-corrected chi connectivity index (χ0v) is 52.4. The Morgan fingerprint density at radius 1 is 0.322 bits per heavy atom. The van der Waals surface area contributed by atoms with Crippen molar-refractivity contribution in [2.75, 3.05) is 14.7 Å². The van der Waals surface area contributed by atoms with Crippen LogP contribution in [0.2, 0.25) is 0 Å². The normalized spacial score (nSPS) is 13.2. The van der Waals surface area contributed by atoms with Gasteiger partial charge in [0.2, 0.25) is 0 Å². The van der Waals surface area contributed by atoms with Gasteiger partial charge in [-0.3, -0.25) is 0 Å². The maximum Gasteiger partial charge on any atom is 0.252 e. The molecule has 0 radical (unpaired) electrons. The molecule has 14 rings (SSSR count). The number of hydrogen-bond acceptors (Lipinski definition) is 4. The quantitative estimate of drug-likeness (QED) is 0.141. The second-order valence-corrected chi connectivity index (χ2v) is 28.2. The van der Waals surface area contributed by atoms with Crippen LogP contribution in [-0.4, -0.2) is 6.71 Å². The smallest absolute Gasteiger partial charge is 0.252 e. The molecule has 4 nitrogen and oxygen atoms in total. The first kappa shape index (κ1) is 55.6. The highest BCUT2D eigenvalue weighted by Crippen LogP contribution is 2.52. The third-order valence-corrected chi connectivity index (χ3v) is 18.2. The van der Waals surface area contributed by atoms with E-state index in [2.05, 4.69) is 340 Å². The molecule has 87 heavy (non-hydrogen) atoms. The largest absolute Gasteiger partial charge is 0.455 e. The molecule has 428 valence electrons. The second kappa shape index (κ2) is 20.7. The van der Waals surface area contributed by atoms with E-state index in [1.807, 2.05) is 0 Å². The van der Waals surface area contributed by atoms with Crippen molar-refractivity contribution in [3.63, 3.8) is 0 Å². The topological polar surface area (TPSA) is 22.9 Å². The van der Waals surface area contributed by atoms with Crippen LogP contribution in [0.1, 0.15) is 105 Å². The Labute approximate surface area is 515 Å². The summed E-state index contributed by atoms with van der Waals surface area (Å²) in [6, 6.07) is 91.2. The predicted octanol–water partition coefficient (Wildman–Crippen LogP) is 21.3. The minimum atomic E-state index is -0.127. The Morgan fingerprint density at radius 2 is 0.782 bits per heavy atom. The Kier molecular flexibility index (Phi) is 13.2. The zero-order valence-electron chi connectivity index (χ0n) is 52.4. The average molecular weight is 1130 g/mol. The SMILES string of the molecule is CC(C)(C)c1ccc(N2c3ccc(C(C)(C)C)cc3B3c4cc(C(C)(C)C)ccc4N(c4ccccc4-c4cccc5c4oc4c(C(C)(C)C)cccc45)c4cc(N(c5cccc(-c6ccccc6)c5)c5cccc(-c6ccccc6)c5)cc2c43)cc1. The van der Waals surface area contributed by atoms with E-state index in [1.54, 1.807) is 0 Å². The monoisotopic (exact) mass is 1130 g/mol. The van der Waals surface area contributed by atoms with Gasteiger partial charge in [0, 0.05) is 67.3 Å². The molecule has 5 heteroatoms. The minimum Gasteiger partial charge on any atom is -0.455 e. The molecule has 0 spiro atoms. The van der Waals surface area contributed by atoms with E-state index in [9.17, 15) is 0 Å². The number of furan rings is 1. The summed E-state index contributed by atoms with van der Waals surface area (Å²) < 4.78 is 7.26. The maximum absolute atomic E-state index is 7.26. The van der Waals surface area contributed by atoms with Crippen LogP contribution < -0.4 is 31.1 Å². The van der Waals surface area contributed by atoms with Gasteiger partial charge in [0.05, 0.1) is 11.4 Å². The third-order valence-electron chi connectivity index (χ3n) is 18.2. The fourth-order valence-electron chi connectivity index (χ4n) is 13.6. The third kappa shape index (κ3) is 9.73. The molecule has 2 aliphatic heterocycles. The van der Waals surface area contributed by atoms with Gasteiger partial charge < -0.3 is 19.1 Å². The van der Waals surface area contributed by atoms with E-state index < -0.39 is 0 Å². The van der Waals surface area contributed by atoms with E-state index >= 15 is 0 Å². The van der Waals surface area contributed by atoms with Crippen molar-refractivity contribution in [3.05, 3.63) is 265 Å². The molecule has 0 amide bonds. The number of nitrogens with zero attached hydrogens (tertiary/aromatic N) is 3. The molecule has 0 saturated heterocycles. The molecule has 0 fully saturated rings. The summed E-state index contributed by atoms with van der Waals surface area (Å²) in [4.78, 5) is 7.68. The molecular weight excluding hydrogens is 1050 g/mol. The van der Waals surface area contributed by atoms with Crippen LogP contribution in [0.15, 0.2) is 247 Å². The van der Waals surface area contributed by atoms with Crippen molar-refractivity contribution in [2.24, 2.45) is 0 Å². The summed E-state index contributed by atoms with van der Waals surface area (Å²) in [5, 5.41) is 2.25. The number of fused-ring (bicyclic) bond motifs is 7. The molecule has 0 aliphatic carbocycles. The lowest BCUT2D eigenvalue weighted by molar-refractivity contribution is 0.573. The van der Waals surface area contributed by atoms with Crippen molar-refractivity contribution in [3.8, 4) is 33.4 Å². The van der Waals surface area contributed by atoms with E-state index in [-0.39, 0.29) is 28.4 Å². The summed E-state index contributed by atoms with van der Waals surface area (Å²) in [6.07, 6.45) is 0. The summed E-state index contributed by atoms with van der Waals surface area (Å²) in [5.41, 5.74) is 27.1. The van der Waals surface area contributed by atoms with Gasteiger partial charge in [-0.2, -0.15) is 0 Å². The molecule has 0 N–H and O–H groups in total. The average Bonchev–Trinajstić information content (AvgIpc) is 1.18. The van der Waals surface area contributed by atoms with Crippen LogP contribution in [0.4, 0.5) is 51.2 Å². The van der Waals surface area contributed by atoms with E-state index in [1.165, 1.54) is 55.5 Å². The Hall–Kier alpha value is -9.32. The lowest BCUT2D eigenvalue weighted by Gasteiger charge is -2.46. The lowest BCUT2D eigenvalue weighted by atomic mass is 9.33. The summed E-state index contributed by atoms with van der Waals surface area (Å²) >= 11 is 0. The molecule has 12 aromatic rings. The van der Waals surface area contributed by atoms with Crippen LogP contribution in [0.25, 0.3) is 55.3 Å². The molecular formula is C82H76BN3O. The van der Waals surface area contributed by atoms with Gasteiger partial charge in [0.1, 0.15) is 11.2 Å². The zero-order chi connectivity index (χ0) is 60.3. The van der Waals surface area contributed by atoms with E-state index in [0.717, 1.165) is 89.7 Å². The summed E-state index contributed by atoms with van der Waals surface area (Å²) in [6.45, 7) is 27.7. The maximum atomic E-state index is 7.26. The molecule has 0 saturated carbocycles. The van der Waals surface area contributed by atoms with Crippen molar-refractivity contribution in [1.82, 2.24) is 0 Å². The number of anilines is 9. The standard InChI is InChI=1S/C82H76BN3O/c1-79(2,3)57-39-43-60(44-40-57)85-72-45-41-58(80(4,5)6)49-69(72)83-70-50-59(81(7,8)9)42-46-73(70)86(71-38-20-19-33-64(71)65-34-23-35-66-67-36-24-37-68(82(10,11)12)78(67)87-77(65)66)75-52-63(51-74(85)76(75)83)84(61-31-21-29-55(47-61)53-25-15-13-16-26-53)62-32-22-30-56(48-62)54-27-17-14-18-28-54/h13-52H,1-12H3. The molecule has 0 unspecified atom stereocenters. The van der Waals surface area contributed by atoms with Crippen molar-refractivity contribution >= 4 is 96.2 Å². The van der Waals surface area contributed by atoms with Crippen LogP contribution in [0.5, 0.6) is 0 Å². The number of rotatable bonds is 8. The van der Waals surface area contributed by atoms with Gasteiger partial charge in [-0.05, 0) is 144 Å². The van der Waals surface area contributed by atoms with Crippen molar-refractivity contribution < 1.29 is 4.42 Å². The van der Waals surface area contributed by atoms with Gasteiger partial charge in [-0.25, -0.2) is 0 Å². The van der Waals surface area contributed by atoms with Gasteiger partial charge >= 0.3 is 0 Å². The first-order valence-corrected chi connectivity index (χ1v) is 31.0. The molecule has 1 aromatic heterocycles. The van der Waals surface area contributed by atoms with Gasteiger partial charge in [-0.1, -0.05) is 259 Å². The predicted molar refractivity (Wildman–Crippen MR) is 374 cm³/mol. The van der Waals surface area contributed by atoms with Gasteiger partial charge in [-0.15, -0.1) is 0 Å². The van der Waals surface area contributed by atoms with Crippen LogP contribution in [0, 0.1) is 0 Å². The highest BCUT2D eigenvalue weighted by atomic mass is 16.3. The van der Waals surface area contributed by atoms with Crippen molar-refractivity contribution in [1.29, 1.82) is 0 Å². The van der Waals surface area contributed by atoms with Gasteiger partial charge in [0.25, 0.3) is 6.71 Å². The molecule has 2 aliphatic rings. The van der Waals surface area contributed by atoms with Crippen LogP contribution >= 0.6 is 0 Å². The second-order valence-electron chi connectivity index (χ2n) is 28.2. The Balaban J connectivity index is 1.12. The van der Waals surface area contributed by atoms with Crippen LogP contribution in [-0.2, 0) is 21.7 Å². The first-order chi connectivity index (χ1) is 41.7. The van der Waals surface area contributed by atoms with E-state index in [4.69, 9.17) is 4.42 Å².